The molecule has 0 radical (unpaired) electrons. The van der Waals surface area contributed by atoms with Gasteiger partial charge >= 0.3 is 0 Å². The second-order valence-corrected chi connectivity index (χ2v) is 23.0. The summed E-state index contributed by atoms with van der Waals surface area (Å²) < 4.78 is 8.19. The molecule has 5 heteroatoms. The van der Waals surface area contributed by atoms with Crippen molar-refractivity contribution in [3.63, 3.8) is 0 Å². The molecule has 2 aliphatic heterocycles. The normalized spacial score (nSPS) is 16.7. The molecule has 3 nitrogen and oxygen atoms in total. The molecular formula is C59H61B2N3. The van der Waals surface area contributed by atoms with Crippen LogP contribution in [-0.2, 0) is 16.2 Å². The van der Waals surface area contributed by atoms with Crippen LogP contribution in [-0.4, -0.2) is 26.8 Å². The van der Waals surface area contributed by atoms with Crippen LogP contribution < -0.4 is 32.8 Å². The fourth-order valence-corrected chi connectivity index (χ4v) is 13.8. The van der Waals surface area contributed by atoms with E-state index in [1.165, 1.54) is 133 Å². The van der Waals surface area contributed by atoms with E-state index in [4.69, 9.17) is 0 Å². The van der Waals surface area contributed by atoms with Crippen LogP contribution in [0.1, 0.15) is 112 Å². The summed E-state index contributed by atoms with van der Waals surface area (Å²) in [6.45, 7) is 36.2. The van der Waals surface area contributed by atoms with E-state index in [0.717, 1.165) is 0 Å². The zero-order valence-corrected chi connectivity index (χ0v) is 40.7. The summed E-state index contributed by atoms with van der Waals surface area (Å²) in [7, 11) is 0. The van der Waals surface area contributed by atoms with Crippen LogP contribution in [0.5, 0.6) is 0 Å². The molecular weight excluding hydrogens is 772 g/mol. The van der Waals surface area contributed by atoms with Crippen LogP contribution in [0.3, 0.4) is 0 Å². The van der Waals surface area contributed by atoms with Crippen molar-refractivity contribution in [2.75, 3.05) is 0 Å². The number of fused-ring (bicyclic) bond motifs is 10. The Hall–Kier alpha value is -5.67. The van der Waals surface area contributed by atoms with Gasteiger partial charge in [0, 0.05) is 5.69 Å². The summed E-state index contributed by atoms with van der Waals surface area (Å²) in [6.07, 6.45) is 0. The van der Waals surface area contributed by atoms with Gasteiger partial charge in [-0.2, -0.15) is 0 Å². The van der Waals surface area contributed by atoms with Gasteiger partial charge in [-0.1, -0.05) is 179 Å². The predicted octanol–water partition coefficient (Wildman–Crippen LogP) is 10.4. The number of aromatic nitrogens is 3. The third-order valence-electron chi connectivity index (χ3n) is 17.8. The van der Waals surface area contributed by atoms with Crippen molar-refractivity contribution in [3.8, 4) is 5.69 Å². The maximum Gasteiger partial charge on any atom is 0.250 e. The first kappa shape index (κ1) is 39.9. The highest BCUT2D eigenvalue weighted by atomic mass is 15.2. The van der Waals surface area contributed by atoms with Gasteiger partial charge in [-0.25, -0.2) is 0 Å². The lowest BCUT2D eigenvalue weighted by Crippen LogP contribution is -2.64. The van der Waals surface area contributed by atoms with Crippen molar-refractivity contribution >= 4 is 90.3 Å². The summed E-state index contributed by atoms with van der Waals surface area (Å²) in [5.41, 5.74) is 29.7. The van der Waals surface area contributed by atoms with E-state index in [0.29, 0.717) is 0 Å². The topological polar surface area (TPSA) is 13.8 Å². The Morgan fingerprint density at radius 3 is 1.20 bits per heavy atom. The number of nitrogens with zero attached hydrogens (tertiary/aromatic N) is 3. The minimum Gasteiger partial charge on any atom is -0.294 e. The molecule has 5 heterocycles. The van der Waals surface area contributed by atoms with Crippen molar-refractivity contribution in [2.45, 2.75) is 120 Å². The Kier molecular flexibility index (Phi) is 7.70. The number of rotatable bonds is 2. The molecule has 318 valence electrons. The van der Waals surface area contributed by atoms with Crippen LogP contribution in [0, 0.1) is 47.0 Å². The van der Waals surface area contributed by atoms with Gasteiger partial charge in [0.1, 0.15) is 11.3 Å². The minimum absolute atomic E-state index is 0.0135. The van der Waals surface area contributed by atoms with E-state index in [-0.39, 0.29) is 35.1 Å². The quantitative estimate of drug-likeness (QED) is 0.154. The summed E-state index contributed by atoms with van der Waals surface area (Å²) in [5.74, 6) is 0. The molecule has 0 saturated carbocycles. The molecule has 12 rings (SSSR count). The average molecular weight is 834 g/mol. The Balaban J connectivity index is 1.45. The monoisotopic (exact) mass is 834 g/mol. The lowest BCUT2D eigenvalue weighted by Gasteiger charge is -2.44. The molecule has 0 bridgehead atoms. The minimum atomic E-state index is -0.0825. The van der Waals surface area contributed by atoms with Crippen molar-refractivity contribution < 1.29 is 0 Å². The first-order valence-corrected chi connectivity index (χ1v) is 23.8. The van der Waals surface area contributed by atoms with E-state index in [9.17, 15) is 0 Å². The van der Waals surface area contributed by atoms with Crippen molar-refractivity contribution in [2.24, 2.45) is 5.41 Å². The van der Waals surface area contributed by atoms with E-state index in [1.54, 1.807) is 0 Å². The van der Waals surface area contributed by atoms with E-state index >= 15 is 0 Å². The first-order chi connectivity index (χ1) is 30.2. The van der Waals surface area contributed by atoms with Gasteiger partial charge in [0.2, 0.25) is 13.4 Å². The van der Waals surface area contributed by atoms with Gasteiger partial charge in [-0.3, -0.25) is 13.4 Å². The Morgan fingerprint density at radius 2 is 0.828 bits per heavy atom. The van der Waals surface area contributed by atoms with Crippen LogP contribution in [0.4, 0.5) is 0 Å². The molecule has 0 saturated heterocycles. The fourth-order valence-electron chi connectivity index (χ4n) is 13.8. The zero-order chi connectivity index (χ0) is 45.1. The molecule has 0 amide bonds. The largest absolute Gasteiger partial charge is 0.294 e. The van der Waals surface area contributed by atoms with Gasteiger partial charge in [-0.15, -0.1) is 0 Å². The maximum atomic E-state index is 2.78. The number of benzene rings is 6. The van der Waals surface area contributed by atoms with Gasteiger partial charge in [0.05, 0.1) is 22.1 Å². The molecule has 3 aliphatic rings. The third-order valence-corrected chi connectivity index (χ3v) is 17.8. The van der Waals surface area contributed by atoms with E-state index in [2.05, 4.69) is 214 Å². The molecule has 0 N–H and O–H groups in total. The molecule has 3 aromatic heterocycles. The lowest BCUT2D eigenvalue weighted by molar-refractivity contribution is 0.125. The maximum absolute atomic E-state index is 2.78. The first-order valence-electron chi connectivity index (χ1n) is 23.8. The number of aryl methyl sites for hydroxylation is 6. The molecule has 64 heavy (non-hydrogen) atoms. The molecule has 9 aromatic rings. The smallest absolute Gasteiger partial charge is 0.250 e. The average Bonchev–Trinajstić information content (AvgIpc) is 3.73. The molecule has 6 aromatic carbocycles. The van der Waals surface area contributed by atoms with Crippen LogP contribution >= 0.6 is 0 Å². The van der Waals surface area contributed by atoms with Crippen molar-refractivity contribution in [1.82, 2.24) is 13.4 Å². The Bertz CT molecular complexity index is 3380. The van der Waals surface area contributed by atoms with Gasteiger partial charge in [0.15, 0.2) is 0 Å². The lowest BCUT2D eigenvalue weighted by atomic mass is 9.30. The van der Waals surface area contributed by atoms with Crippen LogP contribution in [0.25, 0.3) is 49.8 Å². The van der Waals surface area contributed by atoms with Crippen molar-refractivity contribution in [1.29, 1.82) is 0 Å². The van der Waals surface area contributed by atoms with Crippen LogP contribution in [0.2, 0.25) is 0 Å². The van der Waals surface area contributed by atoms with E-state index in [1.807, 2.05) is 0 Å². The van der Waals surface area contributed by atoms with Gasteiger partial charge in [0.25, 0.3) is 0 Å². The number of hydrogen-bond donors (Lipinski definition) is 0. The molecule has 0 atom stereocenters. The molecule has 1 aliphatic carbocycles. The highest BCUT2D eigenvalue weighted by Crippen LogP contribution is 2.62. The van der Waals surface area contributed by atoms with Gasteiger partial charge < -0.3 is 0 Å². The zero-order valence-electron chi connectivity index (χ0n) is 40.7. The number of hydrogen-bond acceptors (Lipinski definition) is 0. The second kappa shape index (κ2) is 12.4. The van der Waals surface area contributed by atoms with Gasteiger partial charge in [-0.05, 0) is 137 Å². The SMILES string of the molecule is Cc1cc(C)c(B2c3cc(C(C)(C)C)cc4c3-n3c5c2c2ccccc2n5c2cc5c(cc2n2c6ccccc6c(c32)B4c2c(C)cc(C)cc2C)C(C)(C)C(C)(C)C5(C)C)c(C)c1. The second-order valence-electron chi connectivity index (χ2n) is 23.0. The molecule has 0 fully saturated rings. The van der Waals surface area contributed by atoms with Crippen molar-refractivity contribution in [3.05, 3.63) is 147 Å². The summed E-state index contributed by atoms with van der Waals surface area (Å²) in [6, 6.07) is 38.9. The summed E-state index contributed by atoms with van der Waals surface area (Å²) >= 11 is 0. The summed E-state index contributed by atoms with van der Waals surface area (Å²) in [5, 5.41) is 2.67. The Labute approximate surface area is 380 Å². The third kappa shape index (κ3) is 4.66. The molecule has 0 unspecified atom stereocenters. The molecule has 0 spiro atoms. The number of para-hydroxylation sites is 2. The highest BCUT2D eigenvalue weighted by molar-refractivity contribution is 7.03. The summed E-state index contributed by atoms with van der Waals surface area (Å²) in [4.78, 5) is 0. The predicted molar refractivity (Wildman–Crippen MR) is 278 cm³/mol. The van der Waals surface area contributed by atoms with E-state index < -0.39 is 0 Å². The standard InChI is InChI=1S/C59H61B2N3/c1-32-24-34(3)49(35(4)25-32)60-43-28-38(56(7,8)9)29-44-53(43)64-54-51(60)39-20-16-18-22-45(39)62(54)47-30-41-42(58(12,13)59(14,15)57(41,10)11)31-48(47)63-46-23-19-17-21-40(46)52(55(63)64)61(44)50-36(5)26-33(2)27-37(50)6/h16-31H,1-15H3. The highest BCUT2D eigenvalue weighted by Gasteiger charge is 2.57. The fraction of sp³-hybridized carbons (Fsp3) is 0.322. The van der Waals surface area contributed by atoms with Crippen LogP contribution in [0.15, 0.2) is 97.1 Å². The Morgan fingerprint density at radius 1 is 0.453 bits per heavy atom.